The first-order valence-corrected chi connectivity index (χ1v) is 7.60. The van der Waals surface area contributed by atoms with Crippen LogP contribution in [0.25, 0.3) is 0 Å². The Morgan fingerprint density at radius 3 is 2.85 bits per heavy atom. The summed E-state index contributed by atoms with van der Waals surface area (Å²) in [7, 11) is 0. The number of nitrogens with one attached hydrogen (secondary N) is 1. The van der Waals surface area contributed by atoms with E-state index in [4.69, 9.17) is 17.4 Å². The second-order valence-corrected chi connectivity index (χ2v) is 6.47. The topological polar surface area (TPSA) is 38.0 Å². The van der Waals surface area contributed by atoms with Crippen molar-refractivity contribution in [3.8, 4) is 0 Å². The molecule has 0 saturated heterocycles. The van der Waals surface area contributed by atoms with Crippen molar-refractivity contribution in [3.63, 3.8) is 0 Å². The van der Waals surface area contributed by atoms with Crippen molar-refractivity contribution in [3.05, 3.63) is 64.4 Å². The van der Waals surface area contributed by atoms with Gasteiger partial charge < -0.3 is 0 Å². The van der Waals surface area contributed by atoms with Crippen LogP contribution in [0.1, 0.15) is 17.2 Å². The van der Waals surface area contributed by atoms with Gasteiger partial charge >= 0.3 is 0 Å². The zero-order valence-electron chi connectivity index (χ0n) is 10.6. The van der Waals surface area contributed by atoms with E-state index in [-0.39, 0.29) is 17.1 Å². The fourth-order valence-electron chi connectivity index (χ4n) is 2.55. The maximum absolute atomic E-state index is 13.5. The van der Waals surface area contributed by atoms with Crippen LogP contribution in [0.5, 0.6) is 0 Å². The average Bonchev–Trinajstić information content (AvgIpc) is 2.87. The Morgan fingerprint density at radius 2 is 2.10 bits per heavy atom. The lowest BCUT2D eigenvalue weighted by Gasteiger charge is -2.23. The summed E-state index contributed by atoms with van der Waals surface area (Å²) < 4.78 is 13.5. The molecule has 0 amide bonds. The molecule has 2 atom stereocenters. The minimum Gasteiger partial charge on any atom is -0.271 e. The number of hydrogen-bond acceptors (Lipinski definition) is 3. The Hall–Kier alpha value is -1.07. The number of hydrogen-bond donors (Lipinski definition) is 2. The zero-order valence-corrected chi connectivity index (χ0v) is 12.2. The number of benzene rings is 2. The van der Waals surface area contributed by atoms with Crippen LogP contribution in [0, 0.1) is 5.82 Å². The van der Waals surface area contributed by atoms with Crippen LogP contribution in [0.2, 0.25) is 5.02 Å². The molecule has 20 heavy (non-hydrogen) atoms. The Morgan fingerprint density at radius 1 is 1.30 bits per heavy atom. The quantitative estimate of drug-likeness (QED) is 0.671. The van der Waals surface area contributed by atoms with Crippen molar-refractivity contribution in [2.45, 2.75) is 22.6 Å². The molecule has 2 nitrogen and oxygen atoms in total. The summed E-state index contributed by atoms with van der Waals surface area (Å²) in [4.78, 5) is 1.25. The second-order valence-electron chi connectivity index (χ2n) is 4.78. The lowest BCUT2D eigenvalue weighted by molar-refractivity contribution is 0.527. The van der Waals surface area contributed by atoms with Gasteiger partial charge in [-0.25, -0.2) is 4.39 Å². The Bertz CT molecular complexity index is 610. The Balaban J connectivity index is 1.91. The molecule has 1 aliphatic rings. The standard InChI is InChI=1S/C15H14ClFN2S/c16-12-6-5-10(17)8-11(12)15(19-18)14-7-9-3-1-2-4-13(9)20-14/h1-6,8,14-15,19H,7,18H2. The average molecular weight is 309 g/mol. The number of hydrazine groups is 1. The van der Waals surface area contributed by atoms with Crippen LogP contribution in [0.4, 0.5) is 4.39 Å². The summed E-state index contributed by atoms with van der Waals surface area (Å²) >= 11 is 7.94. The van der Waals surface area contributed by atoms with Gasteiger partial charge in [0, 0.05) is 15.2 Å². The van der Waals surface area contributed by atoms with Gasteiger partial charge in [-0.2, -0.15) is 0 Å². The number of nitrogens with two attached hydrogens (primary N) is 1. The summed E-state index contributed by atoms with van der Waals surface area (Å²) in [6.45, 7) is 0. The number of fused-ring (bicyclic) bond motifs is 1. The molecule has 0 aliphatic carbocycles. The van der Waals surface area contributed by atoms with Crippen molar-refractivity contribution in [1.82, 2.24) is 5.43 Å². The zero-order chi connectivity index (χ0) is 14.1. The summed E-state index contributed by atoms with van der Waals surface area (Å²) in [5, 5.41) is 0.739. The van der Waals surface area contributed by atoms with E-state index in [2.05, 4.69) is 17.6 Å². The third-order valence-electron chi connectivity index (χ3n) is 3.52. The molecular formula is C15H14ClFN2S. The summed E-state index contributed by atoms with van der Waals surface area (Å²) in [6, 6.07) is 12.5. The highest BCUT2D eigenvalue weighted by Gasteiger charge is 2.31. The number of thioether (sulfide) groups is 1. The van der Waals surface area contributed by atoms with E-state index >= 15 is 0 Å². The van der Waals surface area contributed by atoms with E-state index in [1.54, 1.807) is 17.8 Å². The third-order valence-corrected chi connectivity index (χ3v) is 5.25. The molecule has 0 bridgehead atoms. The van der Waals surface area contributed by atoms with E-state index in [1.165, 1.54) is 22.6 Å². The first-order chi connectivity index (χ1) is 9.69. The molecule has 3 rings (SSSR count). The van der Waals surface area contributed by atoms with Gasteiger partial charge in [0.1, 0.15) is 5.82 Å². The highest BCUT2D eigenvalue weighted by atomic mass is 35.5. The summed E-state index contributed by atoms with van der Waals surface area (Å²) in [5.41, 5.74) is 4.80. The van der Waals surface area contributed by atoms with E-state index in [0.717, 1.165) is 6.42 Å². The monoisotopic (exact) mass is 308 g/mol. The molecule has 2 unspecified atom stereocenters. The van der Waals surface area contributed by atoms with Gasteiger partial charge in [0.05, 0.1) is 6.04 Å². The van der Waals surface area contributed by atoms with Crippen molar-refractivity contribution < 1.29 is 4.39 Å². The first-order valence-electron chi connectivity index (χ1n) is 6.34. The van der Waals surface area contributed by atoms with Gasteiger partial charge in [-0.15, -0.1) is 11.8 Å². The molecule has 5 heteroatoms. The van der Waals surface area contributed by atoms with E-state index < -0.39 is 0 Å². The molecule has 0 fully saturated rings. The molecule has 104 valence electrons. The van der Waals surface area contributed by atoms with Gasteiger partial charge in [0.15, 0.2) is 0 Å². The third kappa shape index (κ3) is 2.56. The predicted molar refractivity (Wildman–Crippen MR) is 81.3 cm³/mol. The molecule has 2 aromatic carbocycles. The molecule has 3 N–H and O–H groups in total. The Labute approximate surface area is 126 Å². The van der Waals surface area contributed by atoms with Crippen LogP contribution in [0.3, 0.4) is 0 Å². The molecule has 0 saturated carbocycles. The van der Waals surface area contributed by atoms with Crippen LogP contribution in [0.15, 0.2) is 47.4 Å². The van der Waals surface area contributed by atoms with E-state index in [1.807, 2.05) is 12.1 Å². The molecule has 0 aromatic heterocycles. The minimum absolute atomic E-state index is 0.185. The maximum Gasteiger partial charge on any atom is 0.123 e. The SMILES string of the molecule is NNC(c1cc(F)ccc1Cl)C1Cc2ccccc2S1. The van der Waals surface area contributed by atoms with Gasteiger partial charge in [-0.1, -0.05) is 29.8 Å². The smallest absolute Gasteiger partial charge is 0.123 e. The Kier molecular flexibility index (Phi) is 3.98. The van der Waals surface area contributed by atoms with Gasteiger partial charge in [0.25, 0.3) is 0 Å². The van der Waals surface area contributed by atoms with Crippen molar-refractivity contribution >= 4 is 23.4 Å². The lowest BCUT2D eigenvalue weighted by Crippen LogP contribution is -2.35. The molecular weight excluding hydrogens is 295 g/mol. The molecule has 1 aliphatic heterocycles. The van der Waals surface area contributed by atoms with Crippen LogP contribution in [-0.2, 0) is 6.42 Å². The van der Waals surface area contributed by atoms with Crippen LogP contribution < -0.4 is 11.3 Å². The minimum atomic E-state index is -0.301. The molecule has 1 heterocycles. The first kappa shape index (κ1) is 13.9. The predicted octanol–water partition coefficient (Wildman–Crippen LogP) is 3.70. The van der Waals surface area contributed by atoms with Gasteiger partial charge in [-0.05, 0) is 41.8 Å². The van der Waals surface area contributed by atoms with Gasteiger partial charge in [-0.3, -0.25) is 11.3 Å². The summed E-state index contributed by atoms with van der Waals surface area (Å²) in [6.07, 6.45) is 0.891. The molecule has 0 spiro atoms. The normalized spacial score (nSPS) is 18.9. The fraction of sp³-hybridized carbons (Fsp3) is 0.200. The largest absolute Gasteiger partial charge is 0.271 e. The number of rotatable bonds is 3. The van der Waals surface area contributed by atoms with Crippen molar-refractivity contribution in [2.75, 3.05) is 0 Å². The molecule has 2 aromatic rings. The number of halogens is 2. The van der Waals surface area contributed by atoms with Crippen LogP contribution >= 0.6 is 23.4 Å². The maximum atomic E-state index is 13.5. The highest BCUT2D eigenvalue weighted by Crippen LogP contribution is 2.43. The molecule has 0 radical (unpaired) electrons. The summed E-state index contributed by atoms with van der Waals surface area (Å²) in [5.74, 6) is 5.39. The van der Waals surface area contributed by atoms with Crippen LogP contribution in [-0.4, -0.2) is 5.25 Å². The van der Waals surface area contributed by atoms with E-state index in [9.17, 15) is 4.39 Å². The van der Waals surface area contributed by atoms with E-state index in [0.29, 0.717) is 10.6 Å². The fourth-order valence-corrected chi connectivity index (χ4v) is 4.19. The lowest BCUT2D eigenvalue weighted by atomic mass is 9.99. The second kappa shape index (κ2) is 5.74. The van der Waals surface area contributed by atoms with Crippen molar-refractivity contribution in [1.29, 1.82) is 0 Å². The van der Waals surface area contributed by atoms with Gasteiger partial charge in [0.2, 0.25) is 0 Å². The van der Waals surface area contributed by atoms with Crippen molar-refractivity contribution in [2.24, 2.45) is 5.84 Å². The highest BCUT2D eigenvalue weighted by molar-refractivity contribution is 8.00.